The Morgan fingerprint density at radius 3 is 2.78 bits per heavy atom. The largest absolute Gasteiger partial charge is 0.465 e. The Labute approximate surface area is 135 Å². The Kier molecular flexibility index (Phi) is 5.05. The number of carbonyl (C=O) groups is 1. The lowest BCUT2D eigenvalue weighted by Crippen LogP contribution is -2.43. The number of amides is 1. The number of aryl methyl sites for hydroxylation is 1. The van der Waals surface area contributed by atoms with Crippen LogP contribution in [-0.2, 0) is 4.74 Å². The van der Waals surface area contributed by atoms with Crippen LogP contribution in [-0.4, -0.2) is 48.6 Å². The molecule has 0 saturated carbocycles. The van der Waals surface area contributed by atoms with Crippen LogP contribution in [0.5, 0.6) is 0 Å². The molecule has 1 atom stereocenters. The Bertz CT molecular complexity index is 636. The molecular formula is C17H21N3O3. The van der Waals surface area contributed by atoms with Crippen LogP contribution in [0.15, 0.2) is 40.9 Å². The Balaban J connectivity index is 1.69. The number of nitrogens with one attached hydrogen (secondary N) is 1. The highest BCUT2D eigenvalue weighted by atomic mass is 16.5. The van der Waals surface area contributed by atoms with Crippen LogP contribution in [0.2, 0.25) is 0 Å². The fourth-order valence-electron chi connectivity index (χ4n) is 2.71. The maximum absolute atomic E-state index is 12.2. The first-order valence-electron chi connectivity index (χ1n) is 7.81. The SMILES string of the molecule is Cc1ccc(C(CNC(=O)c2ccccn2)N2CCOCC2)o1. The smallest absolute Gasteiger partial charge is 0.269 e. The molecule has 2 aromatic heterocycles. The molecule has 23 heavy (non-hydrogen) atoms. The second-order valence-corrected chi connectivity index (χ2v) is 5.54. The summed E-state index contributed by atoms with van der Waals surface area (Å²) >= 11 is 0. The lowest BCUT2D eigenvalue weighted by atomic mass is 10.1. The van der Waals surface area contributed by atoms with Crippen molar-refractivity contribution in [2.24, 2.45) is 0 Å². The van der Waals surface area contributed by atoms with E-state index in [4.69, 9.17) is 9.15 Å². The molecule has 1 fully saturated rings. The molecule has 0 spiro atoms. The molecule has 0 aliphatic carbocycles. The number of aromatic nitrogens is 1. The van der Waals surface area contributed by atoms with Gasteiger partial charge in [-0.3, -0.25) is 14.7 Å². The van der Waals surface area contributed by atoms with Gasteiger partial charge >= 0.3 is 0 Å². The van der Waals surface area contributed by atoms with E-state index in [1.165, 1.54) is 0 Å². The molecule has 1 saturated heterocycles. The van der Waals surface area contributed by atoms with Crippen LogP contribution >= 0.6 is 0 Å². The third-order valence-corrected chi connectivity index (χ3v) is 3.93. The Hall–Kier alpha value is -2.18. The monoisotopic (exact) mass is 315 g/mol. The molecule has 2 aromatic rings. The van der Waals surface area contributed by atoms with Gasteiger partial charge in [-0.2, -0.15) is 0 Å². The van der Waals surface area contributed by atoms with Crippen molar-refractivity contribution in [1.29, 1.82) is 0 Å². The van der Waals surface area contributed by atoms with Gasteiger partial charge in [-0.05, 0) is 31.2 Å². The van der Waals surface area contributed by atoms with Crippen LogP contribution in [0.1, 0.15) is 28.1 Å². The maximum atomic E-state index is 12.2. The zero-order valence-corrected chi connectivity index (χ0v) is 13.2. The van der Waals surface area contributed by atoms with Crippen molar-refractivity contribution in [3.05, 3.63) is 53.7 Å². The number of nitrogens with zero attached hydrogens (tertiary/aromatic N) is 2. The number of hydrogen-bond acceptors (Lipinski definition) is 5. The summed E-state index contributed by atoms with van der Waals surface area (Å²) in [6, 6.07) is 9.22. The van der Waals surface area contributed by atoms with E-state index in [0.717, 1.165) is 24.6 Å². The molecule has 1 N–H and O–H groups in total. The fraction of sp³-hybridized carbons (Fsp3) is 0.412. The lowest BCUT2D eigenvalue weighted by Gasteiger charge is -2.33. The highest BCUT2D eigenvalue weighted by molar-refractivity contribution is 5.92. The zero-order chi connectivity index (χ0) is 16.1. The molecule has 6 nitrogen and oxygen atoms in total. The molecule has 0 aromatic carbocycles. The zero-order valence-electron chi connectivity index (χ0n) is 13.2. The topological polar surface area (TPSA) is 67.6 Å². The molecule has 1 amide bonds. The molecule has 3 rings (SSSR count). The first-order chi connectivity index (χ1) is 11.2. The minimum absolute atomic E-state index is 0.000243. The molecule has 1 aliphatic rings. The standard InChI is InChI=1S/C17H21N3O3/c1-13-5-6-16(23-13)15(20-8-10-22-11-9-20)12-19-17(21)14-4-2-3-7-18-14/h2-7,15H,8-12H2,1H3,(H,19,21). The molecular weight excluding hydrogens is 294 g/mol. The van der Waals surface area contributed by atoms with E-state index in [1.807, 2.05) is 19.1 Å². The number of rotatable bonds is 5. The van der Waals surface area contributed by atoms with E-state index in [-0.39, 0.29) is 11.9 Å². The van der Waals surface area contributed by atoms with Crippen LogP contribution in [0, 0.1) is 6.92 Å². The van der Waals surface area contributed by atoms with Crippen LogP contribution in [0.25, 0.3) is 0 Å². The van der Waals surface area contributed by atoms with Crippen molar-refractivity contribution in [3.8, 4) is 0 Å². The van der Waals surface area contributed by atoms with Crippen molar-refractivity contribution in [2.75, 3.05) is 32.8 Å². The van der Waals surface area contributed by atoms with Crippen molar-refractivity contribution < 1.29 is 13.9 Å². The first kappa shape index (κ1) is 15.7. The fourth-order valence-corrected chi connectivity index (χ4v) is 2.71. The van der Waals surface area contributed by atoms with E-state index in [0.29, 0.717) is 25.5 Å². The lowest BCUT2D eigenvalue weighted by molar-refractivity contribution is 0.0117. The third-order valence-electron chi connectivity index (χ3n) is 3.93. The van der Waals surface area contributed by atoms with Gasteiger partial charge in [0.15, 0.2) is 0 Å². The van der Waals surface area contributed by atoms with Crippen LogP contribution in [0.3, 0.4) is 0 Å². The highest BCUT2D eigenvalue weighted by Crippen LogP contribution is 2.23. The minimum Gasteiger partial charge on any atom is -0.465 e. The van der Waals surface area contributed by atoms with Gasteiger partial charge in [0.05, 0.1) is 19.3 Å². The summed E-state index contributed by atoms with van der Waals surface area (Å²) in [5.41, 5.74) is 0.420. The quantitative estimate of drug-likeness (QED) is 0.911. The third kappa shape index (κ3) is 3.97. The summed E-state index contributed by atoms with van der Waals surface area (Å²) in [5.74, 6) is 1.56. The number of furan rings is 1. The summed E-state index contributed by atoms with van der Waals surface area (Å²) in [6.07, 6.45) is 1.62. The van der Waals surface area contributed by atoms with Crippen molar-refractivity contribution in [2.45, 2.75) is 13.0 Å². The van der Waals surface area contributed by atoms with E-state index < -0.39 is 0 Å². The van der Waals surface area contributed by atoms with Gasteiger partial charge in [0.25, 0.3) is 5.91 Å². The summed E-state index contributed by atoms with van der Waals surface area (Å²) in [4.78, 5) is 18.6. The maximum Gasteiger partial charge on any atom is 0.269 e. The van der Waals surface area contributed by atoms with E-state index >= 15 is 0 Å². The van der Waals surface area contributed by atoms with E-state index in [2.05, 4.69) is 15.2 Å². The number of carbonyl (C=O) groups excluding carboxylic acids is 1. The van der Waals surface area contributed by atoms with Gasteiger partial charge in [0, 0.05) is 25.8 Å². The van der Waals surface area contributed by atoms with Crippen LogP contribution < -0.4 is 5.32 Å². The number of hydrogen-bond donors (Lipinski definition) is 1. The predicted octanol–water partition coefficient (Wildman–Crippen LogP) is 1.79. The molecule has 0 bridgehead atoms. The molecule has 122 valence electrons. The van der Waals surface area contributed by atoms with Gasteiger partial charge in [-0.1, -0.05) is 6.07 Å². The van der Waals surface area contributed by atoms with Gasteiger partial charge < -0.3 is 14.5 Å². The van der Waals surface area contributed by atoms with Gasteiger partial charge in [-0.15, -0.1) is 0 Å². The molecule has 3 heterocycles. The molecule has 0 radical (unpaired) electrons. The van der Waals surface area contributed by atoms with Gasteiger partial charge in [0.2, 0.25) is 0 Å². The normalized spacial score (nSPS) is 16.9. The Morgan fingerprint density at radius 1 is 1.30 bits per heavy atom. The van der Waals surface area contributed by atoms with Crippen LogP contribution in [0.4, 0.5) is 0 Å². The van der Waals surface area contributed by atoms with Crippen molar-refractivity contribution in [1.82, 2.24) is 15.2 Å². The first-order valence-corrected chi connectivity index (χ1v) is 7.81. The number of pyridine rings is 1. The average Bonchev–Trinajstić information content (AvgIpc) is 3.03. The summed E-state index contributed by atoms with van der Waals surface area (Å²) in [6.45, 7) is 5.44. The van der Waals surface area contributed by atoms with Crippen molar-refractivity contribution >= 4 is 5.91 Å². The second kappa shape index (κ2) is 7.39. The van der Waals surface area contributed by atoms with E-state index in [9.17, 15) is 4.79 Å². The molecule has 1 aliphatic heterocycles. The van der Waals surface area contributed by atoms with Crippen molar-refractivity contribution in [3.63, 3.8) is 0 Å². The summed E-state index contributed by atoms with van der Waals surface area (Å²) in [7, 11) is 0. The molecule has 1 unspecified atom stereocenters. The summed E-state index contributed by atoms with van der Waals surface area (Å²) in [5, 5.41) is 2.96. The number of ether oxygens (including phenoxy) is 1. The second-order valence-electron chi connectivity index (χ2n) is 5.54. The van der Waals surface area contributed by atoms with Gasteiger partial charge in [-0.25, -0.2) is 0 Å². The van der Waals surface area contributed by atoms with E-state index in [1.54, 1.807) is 24.4 Å². The highest BCUT2D eigenvalue weighted by Gasteiger charge is 2.25. The average molecular weight is 315 g/mol. The minimum atomic E-state index is -0.174. The van der Waals surface area contributed by atoms with Gasteiger partial charge in [0.1, 0.15) is 17.2 Å². The molecule has 6 heteroatoms. The predicted molar refractivity (Wildman–Crippen MR) is 85.1 cm³/mol. The number of morpholine rings is 1. The summed E-state index contributed by atoms with van der Waals surface area (Å²) < 4.78 is 11.2. The Morgan fingerprint density at radius 2 is 2.13 bits per heavy atom.